The Hall–Kier alpha value is -1.96. The highest BCUT2D eigenvalue weighted by Crippen LogP contribution is 2.27. The summed E-state index contributed by atoms with van der Waals surface area (Å²) >= 11 is 0. The summed E-state index contributed by atoms with van der Waals surface area (Å²) in [6.45, 7) is 9.67. The number of hydrogen-bond donors (Lipinski definition) is 3. The number of nitro groups is 1. The van der Waals surface area contributed by atoms with Crippen LogP contribution in [0.2, 0.25) is 0 Å². The van der Waals surface area contributed by atoms with E-state index in [4.69, 9.17) is 5.73 Å². The predicted octanol–water partition coefficient (Wildman–Crippen LogP) is 0.472. The van der Waals surface area contributed by atoms with E-state index in [1.807, 2.05) is 6.92 Å². The molecule has 0 aromatic carbocycles. The van der Waals surface area contributed by atoms with E-state index in [-0.39, 0.29) is 23.4 Å². The molecule has 0 amide bonds. The highest BCUT2D eigenvalue weighted by atomic mass is 16.6. The van der Waals surface area contributed by atoms with Crippen LogP contribution in [0.25, 0.3) is 0 Å². The highest BCUT2D eigenvalue weighted by molar-refractivity contribution is 5.67. The van der Waals surface area contributed by atoms with Crippen molar-refractivity contribution >= 4 is 17.3 Å². The summed E-state index contributed by atoms with van der Waals surface area (Å²) in [7, 11) is 0. The minimum absolute atomic E-state index is 0.0907. The van der Waals surface area contributed by atoms with Crippen molar-refractivity contribution in [2.75, 3.05) is 30.7 Å². The summed E-state index contributed by atoms with van der Waals surface area (Å²) < 4.78 is 0. The molecule has 0 fully saturated rings. The lowest BCUT2D eigenvalue weighted by Gasteiger charge is -2.18. The van der Waals surface area contributed by atoms with Gasteiger partial charge in [0.25, 0.3) is 0 Å². The summed E-state index contributed by atoms with van der Waals surface area (Å²) in [5, 5.41) is 14.1. The highest BCUT2D eigenvalue weighted by Gasteiger charge is 2.21. The van der Waals surface area contributed by atoms with Crippen LogP contribution < -0.4 is 16.0 Å². The Balaban J connectivity index is 2.57. The number of nitrogen functional groups attached to an aromatic ring is 1. The zero-order valence-corrected chi connectivity index (χ0v) is 12.9. The third-order valence-corrected chi connectivity index (χ3v) is 3.58. The minimum atomic E-state index is -0.551. The average molecular weight is 297 g/mol. The van der Waals surface area contributed by atoms with Gasteiger partial charge in [0.2, 0.25) is 11.6 Å². The first-order valence-corrected chi connectivity index (χ1v) is 7.34. The number of nitrogens with two attached hydrogens (primary N) is 1. The van der Waals surface area contributed by atoms with E-state index in [1.165, 1.54) is 6.33 Å². The van der Waals surface area contributed by atoms with Gasteiger partial charge in [-0.2, -0.15) is 0 Å². The van der Waals surface area contributed by atoms with Crippen molar-refractivity contribution in [2.24, 2.45) is 0 Å². The molecule has 0 radical (unpaired) electrons. The van der Waals surface area contributed by atoms with Crippen LogP contribution in [-0.4, -0.2) is 40.6 Å². The van der Waals surface area contributed by atoms with Crippen LogP contribution in [0, 0.1) is 10.1 Å². The van der Waals surface area contributed by atoms with E-state index in [0.29, 0.717) is 0 Å². The maximum Gasteiger partial charge on any atom is 0.352 e. The van der Waals surface area contributed by atoms with Crippen molar-refractivity contribution in [3.63, 3.8) is 0 Å². The topological polar surface area (TPSA) is 111 Å². The molecule has 1 aromatic rings. The molecule has 1 atom stereocenters. The van der Waals surface area contributed by atoms with Gasteiger partial charge in [0.05, 0.1) is 24.6 Å². The third-order valence-electron chi connectivity index (χ3n) is 3.58. The molecular weight excluding hydrogens is 272 g/mol. The van der Waals surface area contributed by atoms with Gasteiger partial charge in [-0.25, -0.2) is 9.97 Å². The van der Waals surface area contributed by atoms with Gasteiger partial charge in [-0.05, 0) is 33.6 Å². The Morgan fingerprint density at radius 3 is 2.67 bits per heavy atom. The van der Waals surface area contributed by atoms with Crippen LogP contribution in [0.1, 0.15) is 33.6 Å². The largest absolute Gasteiger partial charge is 0.378 e. The molecule has 0 spiro atoms. The van der Waals surface area contributed by atoms with Gasteiger partial charge in [-0.1, -0.05) is 0 Å². The van der Waals surface area contributed by atoms with Crippen LogP contribution >= 0.6 is 0 Å². The van der Waals surface area contributed by atoms with E-state index in [0.717, 1.165) is 32.5 Å². The lowest BCUT2D eigenvalue weighted by Crippen LogP contribution is -3.11. The summed E-state index contributed by atoms with van der Waals surface area (Å²) in [4.78, 5) is 19.6. The SMILES string of the molecule is CC[NH+](CC)CCC[C@H](C)Nc1ncnc(N)c1[N+](=O)[O-]. The molecule has 0 saturated carbocycles. The first kappa shape index (κ1) is 17.1. The number of anilines is 2. The molecule has 8 nitrogen and oxygen atoms in total. The number of nitrogens with zero attached hydrogens (tertiary/aromatic N) is 3. The average Bonchev–Trinajstić information content (AvgIpc) is 2.43. The van der Waals surface area contributed by atoms with Gasteiger partial charge in [-0.15, -0.1) is 0 Å². The smallest absolute Gasteiger partial charge is 0.352 e. The van der Waals surface area contributed by atoms with Crippen molar-refractivity contribution in [2.45, 2.75) is 39.7 Å². The van der Waals surface area contributed by atoms with Gasteiger partial charge < -0.3 is 16.0 Å². The standard InChI is InChI=1S/C13H24N6O2/c1-4-18(5-2)8-6-7-10(3)17-13-11(19(20)21)12(14)15-9-16-13/h9-10H,4-8H2,1-3H3,(H3,14,15,16,17)/p+1/t10-/m0/s1. The van der Waals surface area contributed by atoms with Gasteiger partial charge >= 0.3 is 5.69 Å². The van der Waals surface area contributed by atoms with Crippen LogP contribution in [-0.2, 0) is 0 Å². The Morgan fingerprint density at radius 2 is 2.10 bits per heavy atom. The Kier molecular flexibility index (Phi) is 6.80. The maximum atomic E-state index is 11.0. The first-order chi connectivity index (χ1) is 9.99. The quantitative estimate of drug-likeness (QED) is 0.451. The number of aromatic nitrogens is 2. The molecule has 118 valence electrons. The number of nitrogens with one attached hydrogen (secondary N) is 2. The van der Waals surface area contributed by atoms with Crippen molar-refractivity contribution in [3.8, 4) is 0 Å². The van der Waals surface area contributed by atoms with Crippen LogP contribution in [0.15, 0.2) is 6.33 Å². The molecule has 0 aliphatic heterocycles. The van der Waals surface area contributed by atoms with E-state index >= 15 is 0 Å². The van der Waals surface area contributed by atoms with E-state index < -0.39 is 4.92 Å². The molecular formula is C13H25N6O2+. The molecule has 0 bridgehead atoms. The first-order valence-electron chi connectivity index (χ1n) is 7.34. The zero-order valence-electron chi connectivity index (χ0n) is 12.9. The number of hydrogen-bond acceptors (Lipinski definition) is 6. The van der Waals surface area contributed by atoms with Crippen molar-refractivity contribution < 1.29 is 9.82 Å². The van der Waals surface area contributed by atoms with Crippen LogP contribution in [0.4, 0.5) is 17.3 Å². The Morgan fingerprint density at radius 1 is 1.43 bits per heavy atom. The second-order valence-corrected chi connectivity index (χ2v) is 5.11. The fourth-order valence-corrected chi connectivity index (χ4v) is 2.25. The molecule has 8 heteroatoms. The molecule has 1 aromatic heterocycles. The summed E-state index contributed by atoms with van der Waals surface area (Å²) in [5.41, 5.74) is 5.29. The Bertz CT molecular complexity index is 464. The maximum absolute atomic E-state index is 11.0. The van der Waals surface area contributed by atoms with E-state index in [9.17, 15) is 10.1 Å². The van der Waals surface area contributed by atoms with Crippen molar-refractivity contribution in [3.05, 3.63) is 16.4 Å². The van der Waals surface area contributed by atoms with Gasteiger partial charge in [-0.3, -0.25) is 10.1 Å². The molecule has 1 heterocycles. The van der Waals surface area contributed by atoms with Crippen LogP contribution in [0.3, 0.4) is 0 Å². The third kappa shape index (κ3) is 5.14. The summed E-state index contributed by atoms with van der Waals surface area (Å²) in [5.74, 6) is 0.0764. The van der Waals surface area contributed by atoms with Gasteiger partial charge in [0.1, 0.15) is 6.33 Å². The zero-order chi connectivity index (χ0) is 15.8. The molecule has 4 N–H and O–H groups in total. The second-order valence-electron chi connectivity index (χ2n) is 5.11. The molecule has 21 heavy (non-hydrogen) atoms. The summed E-state index contributed by atoms with van der Waals surface area (Å²) in [6, 6.07) is 0.0907. The molecule has 0 unspecified atom stereocenters. The molecule has 0 aliphatic carbocycles. The fraction of sp³-hybridized carbons (Fsp3) is 0.692. The fourth-order valence-electron chi connectivity index (χ4n) is 2.25. The van der Waals surface area contributed by atoms with Crippen LogP contribution in [0.5, 0.6) is 0 Å². The normalized spacial score (nSPS) is 12.4. The monoisotopic (exact) mass is 297 g/mol. The van der Waals surface area contributed by atoms with E-state index in [2.05, 4.69) is 29.1 Å². The van der Waals surface area contributed by atoms with E-state index in [1.54, 1.807) is 4.90 Å². The molecule has 1 rings (SSSR count). The lowest BCUT2D eigenvalue weighted by atomic mass is 10.1. The number of quaternary nitrogens is 1. The van der Waals surface area contributed by atoms with Crippen molar-refractivity contribution in [1.29, 1.82) is 0 Å². The molecule has 0 aliphatic rings. The minimum Gasteiger partial charge on any atom is -0.378 e. The second kappa shape index (κ2) is 8.35. The summed E-state index contributed by atoms with van der Waals surface area (Å²) in [6.07, 6.45) is 3.21. The lowest BCUT2D eigenvalue weighted by molar-refractivity contribution is -0.896. The van der Waals surface area contributed by atoms with Gasteiger partial charge in [0.15, 0.2) is 0 Å². The predicted molar refractivity (Wildman–Crippen MR) is 82.3 cm³/mol. The Labute approximate surface area is 124 Å². The number of rotatable bonds is 9. The van der Waals surface area contributed by atoms with Crippen molar-refractivity contribution in [1.82, 2.24) is 9.97 Å². The molecule has 0 saturated heterocycles. The van der Waals surface area contributed by atoms with Gasteiger partial charge in [0, 0.05) is 6.04 Å².